The van der Waals surface area contributed by atoms with E-state index in [2.05, 4.69) is 4.98 Å². The van der Waals surface area contributed by atoms with E-state index in [9.17, 15) is 13.2 Å². The van der Waals surface area contributed by atoms with Gasteiger partial charge in [-0.05, 0) is 29.3 Å². The fourth-order valence-corrected chi connectivity index (χ4v) is 4.53. The highest BCUT2D eigenvalue weighted by molar-refractivity contribution is 7.89. The lowest BCUT2D eigenvalue weighted by Crippen LogP contribution is -2.29. The first-order valence-electron chi connectivity index (χ1n) is 6.71. The van der Waals surface area contributed by atoms with Crippen LogP contribution < -0.4 is 0 Å². The van der Waals surface area contributed by atoms with Crippen LogP contribution in [-0.4, -0.2) is 28.8 Å². The van der Waals surface area contributed by atoms with Crippen molar-refractivity contribution in [3.63, 3.8) is 0 Å². The Morgan fingerprint density at radius 2 is 1.86 bits per heavy atom. The summed E-state index contributed by atoms with van der Waals surface area (Å²) in [6.45, 7) is 0.122. The summed E-state index contributed by atoms with van der Waals surface area (Å²) in [5.41, 5.74) is 1.31. The number of aliphatic carboxylic acids is 1. The van der Waals surface area contributed by atoms with Crippen molar-refractivity contribution < 1.29 is 18.3 Å². The van der Waals surface area contributed by atoms with Gasteiger partial charge in [-0.3, -0.25) is 9.78 Å². The van der Waals surface area contributed by atoms with Crippen LogP contribution in [-0.2, 0) is 21.4 Å². The lowest BCUT2D eigenvalue weighted by molar-refractivity contribution is -0.138. The molecule has 1 aromatic heterocycles. The number of rotatable bonds is 4. The lowest BCUT2D eigenvalue weighted by Gasteiger charge is -2.22. The number of aromatic nitrogens is 1. The second kappa shape index (κ2) is 5.51. The van der Waals surface area contributed by atoms with Gasteiger partial charge in [0.05, 0.1) is 17.4 Å². The predicted molar refractivity (Wildman–Crippen MR) is 78.4 cm³/mol. The molecule has 7 heteroatoms. The molecule has 0 saturated heterocycles. The summed E-state index contributed by atoms with van der Waals surface area (Å²) in [5.74, 6) is -1.03. The van der Waals surface area contributed by atoms with Gasteiger partial charge in [-0.1, -0.05) is 18.2 Å². The zero-order chi connectivity index (χ0) is 15.7. The highest BCUT2D eigenvalue weighted by atomic mass is 32.2. The summed E-state index contributed by atoms with van der Waals surface area (Å²) in [7, 11) is -3.69. The SMILES string of the molecule is O=C(O)C[C@H]1c2ccccc2S(=O)(=O)N1Cc1ccncc1. The highest BCUT2D eigenvalue weighted by Gasteiger charge is 2.43. The molecule has 0 fully saturated rings. The van der Waals surface area contributed by atoms with E-state index in [1.165, 1.54) is 10.4 Å². The molecule has 0 bridgehead atoms. The molecule has 0 aliphatic carbocycles. The molecule has 6 nitrogen and oxygen atoms in total. The van der Waals surface area contributed by atoms with Gasteiger partial charge in [-0.2, -0.15) is 4.31 Å². The standard InChI is InChI=1S/C15H14N2O4S/c18-15(19)9-13-12-3-1-2-4-14(12)22(20,21)17(13)10-11-5-7-16-8-6-11/h1-8,13H,9-10H2,(H,18,19)/t13-/m0/s1. The fourth-order valence-electron chi connectivity index (χ4n) is 2.68. The van der Waals surface area contributed by atoms with E-state index in [0.29, 0.717) is 5.56 Å². The van der Waals surface area contributed by atoms with Crippen molar-refractivity contribution in [2.45, 2.75) is 23.9 Å². The maximum atomic E-state index is 12.7. The van der Waals surface area contributed by atoms with E-state index >= 15 is 0 Å². The van der Waals surface area contributed by atoms with Crippen LogP contribution in [0.4, 0.5) is 0 Å². The molecule has 1 N–H and O–H groups in total. The van der Waals surface area contributed by atoms with Gasteiger partial charge in [0, 0.05) is 18.9 Å². The van der Waals surface area contributed by atoms with Gasteiger partial charge in [0.25, 0.3) is 0 Å². The average molecular weight is 318 g/mol. The van der Waals surface area contributed by atoms with Crippen LogP contribution in [0.15, 0.2) is 53.7 Å². The van der Waals surface area contributed by atoms with Crippen LogP contribution in [0.1, 0.15) is 23.6 Å². The Morgan fingerprint density at radius 3 is 2.55 bits per heavy atom. The van der Waals surface area contributed by atoms with Crippen molar-refractivity contribution >= 4 is 16.0 Å². The normalized spacial score (nSPS) is 19.7. The molecule has 3 rings (SSSR count). The smallest absolute Gasteiger partial charge is 0.305 e. The fraction of sp³-hybridized carbons (Fsp3) is 0.200. The van der Waals surface area contributed by atoms with Crippen LogP contribution in [0.2, 0.25) is 0 Å². The summed E-state index contributed by atoms with van der Waals surface area (Å²) in [6, 6.07) is 9.31. The molecule has 2 aromatic rings. The first kappa shape index (κ1) is 14.7. The third kappa shape index (κ3) is 2.49. The summed E-state index contributed by atoms with van der Waals surface area (Å²) >= 11 is 0. The third-order valence-corrected chi connectivity index (χ3v) is 5.60. The minimum absolute atomic E-state index is 0.122. The van der Waals surface area contributed by atoms with Crippen molar-refractivity contribution in [2.24, 2.45) is 0 Å². The van der Waals surface area contributed by atoms with Crippen LogP contribution >= 0.6 is 0 Å². The van der Waals surface area contributed by atoms with E-state index in [1.54, 1.807) is 42.7 Å². The predicted octanol–water partition coefficient (Wildman–Crippen LogP) is 1.80. The van der Waals surface area contributed by atoms with E-state index in [-0.39, 0.29) is 17.9 Å². The van der Waals surface area contributed by atoms with Crippen molar-refractivity contribution in [3.05, 3.63) is 59.9 Å². The number of benzene rings is 1. The van der Waals surface area contributed by atoms with E-state index < -0.39 is 22.0 Å². The molecule has 1 aliphatic heterocycles. The summed E-state index contributed by atoms with van der Waals surface area (Å²) in [6.07, 6.45) is 2.90. The largest absolute Gasteiger partial charge is 0.481 e. The first-order valence-corrected chi connectivity index (χ1v) is 8.15. The number of nitrogens with zero attached hydrogens (tertiary/aromatic N) is 2. The van der Waals surface area contributed by atoms with Crippen molar-refractivity contribution in [2.75, 3.05) is 0 Å². The van der Waals surface area contributed by atoms with Crippen molar-refractivity contribution in [1.29, 1.82) is 0 Å². The monoisotopic (exact) mass is 318 g/mol. The Labute approximate surface area is 128 Å². The number of pyridine rings is 1. The lowest BCUT2D eigenvalue weighted by atomic mass is 10.0. The molecule has 1 atom stereocenters. The Morgan fingerprint density at radius 1 is 1.18 bits per heavy atom. The van der Waals surface area contributed by atoms with Crippen LogP contribution in [0.5, 0.6) is 0 Å². The Kier molecular flexibility index (Phi) is 3.67. The van der Waals surface area contributed by atoms with Crippen molar-refractivity contribution in [1.82, 2.24) is 9.29 Å². The Bertz CT molecular complexity index is 805. The van der Waals surface area contributed by atoms with Crippen LogP contribution in [0.25, 0.3) is 0 Å². The topological polar surface area (TPSA) is 87.6 Å². The second-order valence-corrected chi connectivity index (χ2v) is 6.92. The molecule has 1 aromatic carbocycles. The van der Waals surface area contributed by atoms with Gasteiger partial charge in [0.2, 0.25) is 10.0 Å². The van der Waals surface area contributed by atoms with Crippen molar-refractivity contribution in [3.8, 4) is 0 Å². The molecule has 0 radical (unpaired) electrons. The molecule has 0 saturated carbocycles. The first-order chi connectivity index (χ1) is 10.5. The number of carboxylic acid groups (broad SMARTS) is 1. The van der Waals surface area contributed by atoms with Crippen LogP contribution in [0, 0.1) is 0 Å². The molecule has 22 heavy (non-hydrogen) atoms. The van der Waals surface area contributed by atoms with Gasteiger partial charge in [-0.25, -0.2) is 8.42 Å². The van der Waals surface area contributed by atoms with Gasteiger partial charge in [-0.15, -0.1) is 0 Å². The maximum Gasteiger partial charge on any atom is 0.305 e. The molecular formula is C15H14N2O4S. The maximum absolute atomic E-state index is 12.7. The molecule has 114 valence electrons. The minimum Gasteiger partial charge on any atom is -0.481 e. The highest BCUT2D eigenvalue weighted by Crippen LogP contribution is 2.42. The molecule has 0 unspecified atom stereocenters. The third-order valence-electron chi connectivity index (χ3n) is 3.67. The number of sulfonamides is 1. The molecule has 0 amide bonds. The quantitative estimate of drug-likeness (QED) is 0.929. The number of carbonyl (C=O) groups is 1. The van der Waals surface area contributed by atoms with Gasteiger partial charge < -0.3 is 5.11 Å². The Balaban J connectivity index is 2.05. The van der Waals surface area contributed by atoms with E-state index in [1.807, 2.05) is 0 Å². The summed E-state index contributed by atoms with van der Waals surface area (Å²) in [4.78, 5) is 15.2. The number of hydrogen-bond acceptors (Lipinski definition) is 4. The number of hydrogen-bond donors (Lipinski definition) is 1. The van der Waals surface area contributed by atoms with Gasteiger partial charge in [0.15, 0.2) is 0 Å². The minimum atomic E-state index is -3.69. The molecular weight excluding hydrogens is 304 g/mol. The van der Waals surface area contributed by atoms with Crippen LogP contribution in [0.3, 0.4) is 0 Å². The van der Waals surface area contributed by atoms with Gasteiger partial charge in [0.1, 0.15) is 0 Å². The number of carboxylic acids is 1. The zero-order valence-corrected chi connectivity index (χ0v) is 12.4. The molecule has 2 heterocycles. The number of fused-ring (bicyclic) bond motifs is 1. The summed E-state index contributed by atoms with van der Waals surface area (Å²) in [5, 5.41) is 9.12. The van der Waals surface area contributed by atoms with Gasteiger partial charge >= 0.3 is 5.97 Å². The average Bonchev–Trinajstić information content (AvgIpc) is 2.70. The molecule has 1 aliphatic rings. The second-order valence-electron chi connectivity index (χ2n) is 5.06. The molecule has 0 spiro atoms. The zero-order valence-electron chi connectivity index (χ0n) is 11.6. The van der Waals surface area contributed by atoms with E-state index in [4.69, 9.17) is 5.11 Å². The summed E-state index contributed by atoms with van der Waals surface area (Å²) < 4.78 is 26.6. The Hall–Kier alpha value is -2.25. The van der Waals surface area contributed by atoms with E-state index in [0.717, 1.165) is 5.56 Å².